The minimum atomic E-state index is 0.691. The van der Waals surface area contributed by atoms with Gasteiger partial charge in [-0.05, 0) is 49.4 Å². The van der Waals surface area contributed by atoms with Crippen LogP contribution in [0.15, 0.2) is 65.9 Å². The van der Waals surface area contributed by atoms with E-state index in [4.69, 9.17) is 4.98 Å². The Hall–Kier alpha value is -2.86. The fourth-order valence-electron chi connectivity index (χ4n) is 5.46. The van der Waals surface area contributed by atoms with Crippen LogP contribution in [0, 0.1) is 5.92 Å². The SMILES string of the molecule is CN=C(NCCc1cn2ccccc2n1)N1CCC2C(CCCN2Cc2ccccc2)C1. The van der Waals surface area contributed by atoms with Gasteiger partial charge in [-0.2, -0.15) is 0 Å². The Balaban J connectivity index is 1.15. The first-order chi connectivity index (χ1) is 15.8. The topological polar surface area (TPSA) is 48.2 Å². The Morgan fingerprint density at radius 2 is 1.97 bits per heavy atom. The maximum absolute atomic E-state index is 4.71. The molecule has 0 radical (unpaired) electrons. The molecule has 6 nitrogen and oxygen atoms in total. The van der Waals surface area contributed by atoms with Crippen LogP contribution in [0.25, 0.3) is 5.65 Å². The van der Waals surface area contributed by atoms with Gasteiger partial charge in [0.1, 0.15) is 5.65 Å². The van der Waals surface area contributed by atoms with Crippen LogP contribution in [0.1, 0.15) is 30.5 Å². The van der Waals surface area contributed by atoms with E-state index in [2.05, 4.69) is 61.0 Å². The van der Waals surface area contributed by atoms with Gasteiger partial charge in [0.2, 0.25) is 0 Å². The monoisotopic (exact) mass is 430 g/mol. The van der Waals surface area contributed by atoms with Crippen LogP contribution in [-0.4, -0.2) is 64.4 Å². The van der Waals surface area contributed by atoms with Crippen molar-refractivity contribution < 1.29 is 0 Å². The molecule has 0 bridgehead atoms. The van der Waals surface area contributed by atoms with Gasteiger partial charge in [-0.1, -0.05) is 36.4 Å². The molecule has 2 unspecified atom stereocenters. The number of likely N-dealkylation sites (tertiary alicyclic amines) is 2. The number of rotatable bonds is 5. The summed E-state index contributed by atoms with van der Waals surface area (Å²) in [4.78, 5) is 14.5. The number of pyridine rings is 1. The van der Waals surface area contributed by atoms with E-state index in [9.17, 15) is 0 Å². The van der Waals surface area contributed by atoms with Gasteiger partial charge in [0.15, 0.2) is 5.96 Å². The van der Waals surface area contributed by atoms with Crippen LogP contribution in [0.2, 0.25) is 0 Å². The Labute approximate surface area is 191 Å². The number of aromatic nitrogens is 2. The minimum absolute atomic E-state index is 0.691. The molecule has 2 fully saturated rings. The third kappa shape index (κ3) is 4.65. The van der Waals surface area contributed by atoms with Gasteiger partial charge in [-0.25, -0.2) is 4.98 Å². The number of nitrogens with zero attached hydrogens (tertiary/aromatic N) is 5. The number of nitrogens with one attached hydrogen (secondary N) is 1. The van der Waals surface area contributed by atoms with Crippen LogP contribution in [-0.2, 0) is 13.0 Å². The summed E-state index contributed by atoms with van der Waals surface area (Å²) >= 11 is 0. The van der Waals surface area contributed by atoms with Crippen molar-refractivity contribution >= 4 is 11.6 Å². The molecule has 2 saturated heterocycles. The maximum Gasteiger partial charge on any atom is 0.193 e. The molecule has 168 valence electrons. The summed E-state index contributed by atoms with van der Waals surface area (Å²) in [5.41, 5.74) is 3.55. The van der Waals surface area contributed by atoms with E-state index in [-0.39, 0.29) is 0 Å². The van der Waals surface area contributed by atoms with Crippen molar-refractivity contribution in [2.24, 2.45) is 10.9 Å². The van der Waals surface area contributed by atoms with Crippen molar-refractivity contribution in [1.82, 2.24) is 24.5 Å². The van der Waals surface area contributed by atoms with Crippen molar-refractivity contribution in [3.8, 4) is 0 Å². The molecular weight excluding hydrogens is 396 g/mol. The molecule has 0 saturated carbocycles. The molecule has 1 N–H and O–H groups in total. The highest BCUT2D eigenvalue weighted by atomic mass is 15.3. The summed E-state index contributed by atoms with van der Waals surface area (Å²) < 4.78 is 2.08. The summed E-state index contributed by atoms with van der Waals surface area (Å²) in [6, 6.07) is 17.7. The summed E-state index contributed by atoms with van der Waals surface area (Å²) in [6.07, 6.45) is 8.89. The maximum atomic E-state index is 4.71. The lowest BCUT2D eigenvalue weighted by Gasteiger charge is -2.48. The largest absolute Gasteiger partial charge is 0.356 e. The number of imidazole rings is 1. The highest BCUT2D eigenvalue weighted by molar-refractivity contribution is 5.80. The number of piperidine rings is 2. The van der Waals surface area contributed by atoms with Crippen molar-refractivity contribution in [3.63, 3.8) is 0 Å². The third-order valence-electron chi connectivity index (χ3n) is 7.00. The predicted octanol–water partition coefficient (Wildman–Crippen LogP) is 3.44. The Morgan fingerprint density at radius 1 is 1.09 bits per heavy atom. The van der Waals surface area contributed by atoms with Crippen molar-refractivity contribution in [2.45, 2.75) is 38.3 Å². The molecule has 1 aromatic carbocycles. The molecule has 6 heteroatoms. The fraction of sp³-hybridized carbons (Fsp3) is 0.462. The first-order valence-corrected chi connectivity index (χ1v) is 12.0. The van der Waals surface area contributed by atoms with E-state index in [1.165, 1.54) is 31.4 Å². The number of fused-ring (bicyclic) bond motifs is 2. The first kappa shape index (κ1) is 21.0. The molecule has 0 amide bonds. The van der Waals surface area contributed by atoms with E-state index >= 15 is 0 Å². The van der Waals surface area contributed by atoms with E-state index in [1.807, 2.05) is 31.4 Å². The molecule has 32 heavy (non-hydrogen) atoms. The Bertz CT molecular complexity index is 1010. The van der Waals surface area contributed by atoms with E-state index < -0.39 is 0 Å². The van der Waals surface area contributed by atoms with Crippen molar-refractivity contribution in [1.29, 1.82) is 0 Å². The molecule has 2 aliphatic heterocycles. The van der Waals surface area contributed by atoms with E-state index in [0.717, 1.165) is 55.8 Å². The van der Waals surface area contributed by atoms with Crippen LogP contribution >= 0.6 is 0 Å². The normalized spacial score (nSPS) is 22.2. The summed E-state index contributed by atoms with van der Waals surface area (Å²) in [5.74, 6) is 1.76. The van der Waals surface area contributed by atoms with Gasteiger partial charge in [-0.15, -0.1) is 0 Å². The van der Waals surface area contributed by atoms with Crippen molar-refractivity contribution in [2.75, 3.05) is 33.2 Å². The van der Waals surface area contributed by atoms with Gasteiger partial charge >= 0.3 is 0 Å². The average Bonchev–Trinajstić information content (AvgIpc) is 3.25. The van der Waals surface area contributed by atoms with Crippen LogP contribution in [0.3, 0.4) is 0 Å². The second kappa shape index (κ2) is 9.74. The number of aliphatic imine (C=N–C) groups is 1. The standard InChI is InChI=1S/C26H34N6/c1-27-26(28-14-12-23-20-31-15-6-5-11-25(31)29-23)32-17-13-24-22(19-32)10-7-16-30(24)18-21-8-3-2-4-9-21/h2-6,8-9,11,15,20,22,24H,7,10,12-14,16-19H2,1H3,(H,27,28). The molecule has 4 heterocycles. The molecule has 2 aliphatic rings. The second-order valence-electron chi connectivity index (χ2n) is 9.08. The molecule has 5 rings (SSSR count). The summed E-state index contributed by atoms with van der Waals surface area (Å²) in [6.45, 7) is 5.32. The average molecular weight is 431 g/mol. The number of benzene rings is 1. The van der Waals surface area contributed by atoms with Crippen LogP contribution < -0.4 is 5.32 Å². The molecule has 3 aromatic rings. The zero-order valence-corrected chi connectivity index (χ0v) is 19.0. The van der Waals surface area contributed by atoms with E-state index in [1.54, 1.807) is 0 Å². The lowest BCUT2D eigenvalue weighted by molar-refractivity contribution is 0.0373. The van der Waals surface area contributed by atoms with Gasteiger partial charge in [0, 0.05) is 58.1 Å². The van der Waals surface area contributed by atoms with Crippen molar-refractivity contribution in [3.05, 3.63) is 72.2 Å². The summed E-state index contributed by atoms with van der Waals surface area (Å²) in [5, 5.41) is 3.59. The minimum Gasteiger partial charge on any atom is -0.356 e. The number of hydrogen-bond acceptors (Lipinski definition) is 3. The predicted molar refractivity (Wildman–Crippen MR) is 130 cm³/mol. The fourth-order valence-corrected chi connectivity index (χ4v) is 5.46. The Morgan fingerprint density at radius 3 is 2.81 bits per heavy atom. The molecule has 2 atom stereocenters. The highest BCUT2D eigenvalue weighted by Gasteiger charge is 2.36. The zero-order valence-electron chi connectivity index (χ0n) is 19.0. The van der Waals surface area contributed by atoms with Crippen LogP contribution in [0.4, 0.5) is 0 Å². The molecular formula is C26H34N6. The van der Waals surface area contributed by atoms with Crippen LogP contribution in [0.5, 0.6) is 0 Å². The van der Waals surface area contributed by atoms with Gasteiger partial charge in [0.25, 0.3) is 0 Å². The smallest absolute Gasteiger partial charge is 0.193 e. The number of guanidine groups is 1. The second-order valence-corrected chi connectivity index (χ2v) is 9.08. The molecule has 2 aromatic heterocycles. The molecule has 0 spiro atoms. The highest BCUT2D eigenvalue weighted by Crippen LogP contribution is 2.31. The van der Waals surface area contributed by atoms with Gasteiger partial charge in [0.05, 0.1) is 5.69 Å². The zero-order chi connectivity index (χ0) is 21.8. The quantitative estimate of drug-likeness (QED) is 0.498. The van der Waals surface area contributed by atoms with Gasteiger partial charge < -0.3 is 14.6 Å². The third-order valence-corrected chi connectivity index (χ3v) is 7.00. The Kier molecular flexibility index (Phi) is 6.39. The van der Waals surface area contributed by atoms with E-state index in [0.29, 0.717) is 6.04 Å². The van der Waals surface area contributed by atoms with Gasteiger partial charge in [-0.3, -0.25) is 9.89 Å². The molecule has 0 aliphatic carbocycles. The summed E-state index contributed by atoms with van der Waals surface area (Å²) in [7, 11) is 1.90. The first-order valence-electron chi connectivity index (χ1n) is 12.0. The number of hydrogen-bond donors (Lipinski definition) is 1. The lowest BCUT2D eigenvalue weighted by Crippen LogP contribution is -2.56. The lowest BCUT2D eigenvalue weighted by atomic mass is 9.83.